The Labute approximate surface area is 295 Å². The number of hydrogen-bond acceptors (Lipinski definition) is 3. The van der Waals surface area contributed by atoms with Crippen molar-refractivity contribution < 1.29 is 4.42 Å². The van der Waals surface area contributed by atoms with E-state index < -0.39 is 0 Å². The van der Waals surface area contributed by atoms with Crippen LogP contribution in [-0.4, -0.2) is 9.55 Å². The summed E-state index contributed by atoms with van der Waals surface area (Å²) in [5.74, 6) is 0. The molecule has 0 aliphatic rings. The maximum absolute atomic E-state index is 6.42. The van der Waals surface area contributed by atoms with Crippen molar-refractivity contribution in [1.29, 1.82) is 0 Å². The minimum Gasteiger partial charge on any atom is -0.456 e. The molecule has 4 heterocycles. The van der Waals surface area contributed by atoms with E-state index >= 15 is 0 Å². The molecule has 3 nitrogen and oxygen atoms in total. The lowest BCUT2D eigenvalue weighted by molar-refractivity contribution is 0.669. The minimum atomic E-state index is 0.911. The predicted octanol–water partition coefficient (Wildman–Crippen LogP) is 13.6. The van der Waals surface area contributed by atoms with Gasteiger partial charge in [-0.1, -0.05) is 115 Å². The van der Waals surface area contributed by atoms with Crippen molar-refractivity contribution in [3.05, 3.63) is 158 Å². The second-order valence-corrected chi connectivity index (χ2v) is 14.5. The molecule has 0 unspecified atom stereocenters. The highest BCUT2D eigenvalue weighted by Gasteiger charge is 2.22. The van der Waals surface area contributed by atoms with Crippen LogP contribution in [0, 0.1) is 0 Å². The van der Waals surface area contributed by atoms with Gasteiger partial charge in [-0.3, -0.25) is 0 Å². The highest BCUT2D eigenvalue weighted by molar-refractivity contribution is 7.25. The van der Waals surface area contributed by atoms with Gasteiger partial charge in [0, 0.05) is 59.0 Å². The average Bonchev–Trinajstić information content (AvgIpc) is 3.85. The van der Waals surface area contributed by atoms with Crippen LogP contribution in [0.3, 0.4) is 0 Å². The summed E-state index contributed by atoms with van der Waals surface area (Å²) in [7, 11) is 0. The fourth-order valence-electron chi connectivity index (χ4n) is 8.59. The van der Waals surface area contributed by atoms with Crippen LogP contribution in [0.4, 0.5) is 0 Å². The molecule has 12 rings (SSSR count). The molecule has 0 spiro atoms. The van der Waals surface area contributed by atoms with Crippen LogP contribution in [-0.2, 0) is 0 Å². The zero-order chi connectivity index (χ0) is 33.2. The van der Waals surface area contributed by atoms with Crippen LogP contribution in [0.15, 0.2) is 162 Å². The van der Waals surface area contributed by atoms with Crippen molar-refractivity contribution in [2.75, 3.05) is 0 Å². The SMILES string of the molecule is c1cc(-c2nc3ccccc3c3c4ccccc4c4ccccc4c23)cc(-n2c3cc4c(cc3c3c5ccccc5sc32)oc2ccccc24)c1. The number of hydrogen-bond donors (Lipinski definition) is 0. The Morgan fingerprint density at radius 2 is 1.12 bits per heavy atom. The van der Waals surface area contributed by atoms with Crippen molar-refractivity contribution in [1.82, 2.24) is 9.55 Å². The lowest BCUT2D eigenvalue weighted by Crippen LogP contribution is -1.96. The van der Waals surface area contributed by atoms with Gasteiger partial charge in [-0.15, -0.1) is 11.3 Å². The molecule has 0 atom stereocenters. The smallest absolute Gasteiger partial charge is 0.136 e. The fraction of sp³-hybridized carbons (Fsp3) is 0. The Kier molecular flexibility index (Phi) is 5.38. The number of para-hydroxylation sites is 2. The van der Waals surface area contributed by atoms with Gasteiger partial charge < -0.3 is 8.98 Å². The van der Waals surface area contributed by atoms with E-state index in [4.69, 9.17) is 9.40 Å². The molecule has 0 aliphatic carbocycles. The summed E-state index contributed by atoms with van der Waals surface area (Å²) in [5, 5.41) is 14.6. The molecule has 0 N–H and O–H groups in total. The fourth-order valence-corrected chi connectivity index (χ4v) is 9.84. The Morgan fingerprint density at radius 1 is 0.451 bits per heavy atom. The van der Waals surface area contributed by atoms with Crippen molar-refractivity contribution >= 4 is 108 Å². The number of nitrogens with zero attached hydrogens (tertiary/aromatic N) is 2. The predicted molar refractivity (Wildman–Crippen MR) is 217 cm³/mol. The molecular weight excluding hydrogens is 641 g/mol. The van der Waals surface area contributed by atoms with Crippen molar-refractivity contribution in [2.24, 2.45) is 0 Å². The molecule has 8 aromatic carbocycles. The first-order valence-electron chi connectivity index (χ1n) is 17.3. The quantitative estimate of drug-likeness (QED) is 0.172. The van der Waals surface area contributed by atoms with Crippen LogP contribution in [0.5, 0.6) is 0 Å². The summed E-state index contributed by atoms with van der Waals surface area (Å²) >= 11 is 1.85. The number of pyridine rings is 1. The average molecular weight is 667 g/mol. The topological polar surface area (TPSA) is 31.0 Å². The second kappa shape index (κ2) is 10.0. The zero-order valence-electron chi connectivity index (χ0n) is 27.2. The van der Waals surface area contributed by atoms with Crippen LogP contribution in [0.25, 0.3) is 113 Å². The number of thiophene rings is 1. The van der Waals surface area contributed by atoms with Gasteiger partial charge >= 0.3 is 0 Å². The molecule has 0 saturated carbocycles. The number of aromatic nitrogens is 2. The first-order chi connectivity index (χ1) is 25.3. The van der Waals surface area contributed by atoms with Crippen LogP contribution < -0.4 is 0 Å². The first-order valence-corrected chi connectivity index (χ1v) is 18.1. The van der Waals surface area contributed by atoms with E-state index in [1.165, 1.54) is 68.9 Å². The monoisotopic (exact) mass is 666 g/mol. The van der Waals surface area contributed by atoms with E-state index in [-0.39, 0.29) is 0 Å². The number of fused-ring (bicyclic) bond motifs is 16. The molecule has 12 aromatic rings. The summed E-state index contributed by atoms with van der Waals surface area (Å²) in [6.45, 7) is 0. The lowest BCUT2D eigenvalue weighted by atomic mass is 9.90. The Bertz CT molecular complexity index is 3440. The molecule has 236 valence electrons. The van der Waals surface area contributed by atoms with E-state index in [1.807, 2.05) is 17.4 Å². The van der Waals surface area contributed by atoms with E-state index in [2.05, 4.69) is 156 Å². The third-order valence-corrected chi connectivity index (χ3v) is 11.9. The van der Waals surface area contributed by atoms with Gasteiger partial charge in [-0.05, 0) is 64.0 Å². The van der Waals surface area contributed by atoms with Gasteiger partial charge in [-0.2, -0.15) is 0 Å². The van der Waals surface area contributed by atoms with Crippen LogP contribution >= 0.6 is 11.3 Å². The van der Waals surface area contributed by atoms with Gasteiger partial charge in [0.15, 0.2) is 0 Å². The Balaban J connectivity index is 1.21. The van der Waals surface area contributed by atoms with Gasteiger partial charge in [0.05, 0.1) is 16.7 Å². The van der Waals surface area contributed by atoms with Gasteiger partial charge in [0.2, 0.25) is 0 Å². The molecule has 51 heavy (non-hydrogen) atoms. The summed E-state index contributed by atoms with van der Waals surface area (Å²) in [4.78, 5) is 6.69. The summed E-state index contributed by atoms with van der Waals surface area (Å²) in [6.07, 6.45) is 0. The van der Waals surface area contributed by atoms with Crippen LogP contribution in [0.2, 0.25) is 0 Å². The molecule has 4 aromatic heterocycles. The first kappa shape index (κ1) is 27.3. The summed E-state index contributed by atoms with van der Waals surface area (Å²) in [6, 6.07) is 56.8. The molecular formula is C47H26N2OS. The maximum atomic E-state index is 6.42. The standard InChI is InChI=1S/C47H26N2OS/c1-3-17-32-29(14-1)30-15-2-4-18-33(30)45-43(32)34-19-5-8-21-38(34)48-46(45)27-12-11-13-28(24-27)49-39-25-36-31-16-6-9-22-40(31)50-41(36)26-37(39)44-35-20-7-10-23-42(35)51-47(44)49/h1-26H. The molecule has 4 heteroatoms. The largest absolute Gasteiger partial charge is 0.456 e. The van der Waals surface area contributed by atoms with E-state index in [1.54, 1.807) is 0 Å². The second-order valence-electron chi connectivity index (χ2n) is 13.4. The van der Waals surface area contributed by atoms with E-state index in [0.29, 0.717) is 0 Å². The highest BCUT2D eigenvalue weighted by Crippen LogP contribution is 2.46. The molecule has 0 saturated heterocycles. The molecule has 0 aliphatic heterocycles. The summed E-state index contributed by atoms with van der Waals surface area (Å²) < 4.78 is 10.2. The Hall–Kier alpha value is -6.49. The normalized spacial score (nSPS) is 12.3. The molecule has 0 bridgehead atoms. The number of rotatable bonds is 2. The van der Waals surface area contributed by atoms with E-state index in [9.17, 15) is 0 Å². The molecule has 0 radical (unpaired) electrons. The van der Waals surface area contributed by atoms with Gasteiger partial charge in [0.25, 0.3) is 0 Å². The van der Waals surface area contributed by atoms with Gasteiger partial charge in [-0.25, -0.2) is 4.98 Å². The third kappa shape index (κ3) is 3.69. The molecule has 0 amide bonds. The minimum absolute atomic E-state index is 0.911. The zero-order valence-corrected chi connectivity index (χ0v) is 28.0. The van der Waals surface area contributed by atoms with Gasteiger partial charge in [0.1, 0.15) is 16.0 Å². The summed E-state index contributed by atoms with van der Waals surface area (Å²) in [5.41, 5.74) is 7.20. The number of benzene rings is 8. The third-order valence-electron chi connectivity index (χ3n) is 10.7. The number of furan rings is 1. The van der Waals surface area contributed by atoms with Crippen molar-refractivity contribution in [2.45, 2.75) is 0 Å². The molecule has 0 fully saturated rings. The van der Waals surface area contributed by atoms with Crippen LogP contribution in [0.1, 0.15) is 0 Å². The lowest BCUT2D eigenvalue weighted by Gasteiger charge is -2.17. The highest BCUT2D eigenvalue weighted by atomic mass is 32.1. The van der Waals surface area contributed by atoms with E-state index in [0.717, 1.165) is 44.4 Å². The van der Waals surface area contributed by atoms with Crippen molar-refractivity contribution in [3.8, 4) is 16.9 Å². The Morgan fingerprint density at radius 3 is 1.94 bits per heavy atom. The van der Waals surface area contributed by atoms with Crippen molar-refractivity contribution in [3.63, 3.8) is 0 Å². The maximum Gasteiger partial charge on any atom is 0.136 e.